The van der Waals surface area contributed by atoms with Crippen molar-refractivity contribution in [1.82, 2.24) is 4.90 Å². The lowest BCUT2D eigenvalue weighted by Gasteiger charge is -2.12. The first-order valence-electron chi connectivity index (χ1n) is 2.20. The molecule has 1 nitrogen and oxygen atoms in total. The lowest BCUT2D eigenvalue weighted by Crippen LogP contribution is -2.27. The van der Waals surface area contributed by atoms with Gasteiger partial charge in [-0.25, -0.2) is 0 Å². The van der Waals surface area contributed by atoms with Crippen molar-refractivity contribution in [2.75, 3.05) is 13.6 Å². The first kappa shape index (κ1) is 8.15. The fourth-order valence-corrected chi connectivity index (χ4v) is 0.315. The SMILES string of the molecule is C#CN(C)CC(F)(F)F. The van der Waals surface area contributed by atoms with Crippen LogP contribution in [0.3, 0.4) is 0 Å². The van der Waals surface area contributed by atoms with Crippen LogP contribution in [0, 0.1) is 12.5 Å². The maximum Gasteiger partial charge on any atom is 0.406 e. The van der Waals surface area contributed by atoms with E-state index in [0.717, 1.165) is 4.90 Å². The molecule has 0 aliphatic heterocycles. The fourth-order valence-electron chi connectivity index (χ4n) is 0.315. The third kappa shape index (κ3) is 5.01. The topological polar surface area (TPSA) is 3.24 Å². The monoisotopic (exact) mass is 137 g/mol. The van der Waals surface area contributed by atoms with E-state index < -0.39 is 12.7 Å². The zero-order chi connectivity index (χ0) is 7.49. The van der Waals surface area contributed by atoms with Crippen LogP contribution in [0.1, 0.15) is 0 Å². The largest absolute Gasteiger partial charge is 0.406 e. The van der Waals surface area contributed by atoms with Gasteiger partial charge in [-0.05, 0) is 0 Å². The normalized spacial score (nSPS) is 10.6. The standard InChI is InChI=1S/C5H6F3N/c1-3-9(2)4-5(6,7)8/h1H,4H2,2H3. The van der Waals surface area contributed by atoms with E-state index in [1.165, 1.54) is 7.05 Å². The van der Waals surface area contributed by atoms with Crippen LogP contribution in [0.2, 0.25) is 0 Å². The summed E-state index contributed by atoms with van der Waals surface area (Å²) in [5, 5.41) is 0. The van der Waals surface area contributed by atoms with Gasteiger partial charge in [0, 0.05) is 13.1 Å². The molecule has 0 N–H and O–H groups in total. The number of halogens is 3. The molecule has 0 saturated heterocycles. The lowest BCUT2D eigenvalue weighted by atomic mass is 10.6. The molecule has 4 heteroatoms. The molecular formula is C5H6F3N. The van der Waals surface area contributed by atoms with E-state index in [1.54, 1.807) is 0 Å². The Labute approximate surface area is 51.5 Å². The molecule has 0 heterocycles. The number of hydrogen-bond acceptors (Lipinski definition) is 1. The molecule has 0 aromatic carbocycles. The summed E-state index contributed by atoms with van der Waals surface area (Å²) in [6.07, 6.45) is 0.462. The van der Waals surface area contributed by atoms with E-state index in [4.69, 9.17) is 0 Å². The number of alkyl halides is 3. The third-order valence-electron chi connectivity index (χ3n) is 0.637. The minimum absolute atomic E-state index is 0.736. The lowest BCUT2D eigenvalue weighted by molar-refractivity contribution is -0.136. The fraction of sp³-hybridized carbons (Fsp3) is 0.600. The minimum atomic E-state index is -4.19. The Balaban J connectivity index is 3.63. The van der Waals surface area contributed by atoms with E-state index in [0.29, 0.717) is 0 Å². The predicted octanol–water partition coefficient (Wildman–Crippen LogP) is 1.07. The molecule has 0 amide bonds. The van der Waals surface area contributed by atoms with Crippen LogP contribution in [0.4, 0.5) is 13.2 Å². The summed E-state index contributed by atoms with van der Waals surface area (Å²) in [5.41, 5.74) is 0. The maximum absolute atomic E-state index is 11.4. The summed E-state index contributed by atoms with van der Waals surface area (Å²) < 4.78 is 34.1. The summed E-state index contributed by atoms with van der Waals surface area (Å²) in [4.78, 5) is 0.736. The average Bonchev–Trinajstić information content (AvgIpc) is 1.62. The predicted molar refractivity (Wildman–Crippen MR) is 27.5 cm³/mol. The van der Waals surface area contributed by atoms with Crippen LogP contribution in [-0.4, -0.2) is 24.7 Å². The van der Waals surface area contributed by atoms with E-state index in [9.17, 15) is 13.2 Å². The number of rotatable bonds is 1. The van der Waals surface area contributed by atoms with E-state index >= 15 is 0 Å². The number of nitrogens with zero attached hydrogens (tertiary/aromatic N) is 1. The molecule has 9 heavy (non-hydrogen) atoms. The highest BCUT2D eigenvalue weighted by Crippen LogP contribution is 2.14. The first-order valence-corrected chi connectivity index (χ1v) is 2.20. The van der Waals surface area contributed by atoms with Gasteiger partial charge in [-0.15, -0.1) is 0 Å². The Morgan fingerprint density at radius 3 is 2.11 bits per heavy atom. The summed E-state index contributed by atoms with van der Waals surface area (Å²) >= 11 is 0. The van der Waals surface area contributed by atoms with Crippen molar-refractivity contribution in [2.45, 2.75) is 6.18 Å². The molecule has 0 spiro atoms. The van der Waals surface area contributed by atoms with Gasteiger partial charge in [0.05, 0.1) is 0 Å². The Hall–Kier alpha value is -0.850. The third-order valence-corrected chi connectivity index (χ3v) is 0.637. The van der Waals surface area contributed by atoms with Crippen molar-refractivity contribution >= 4 is 0 Å². The van der Waals surface area contributed by atoms with E-state index in [1.807, 2.05) is 6.04 Å². The maximum atomic E-state index is 11.4. The second-order valence-corrected chi connectivity index (χ2v) is 1.60. The van der Waals surface area contributed by atoms with Crippen molar-refractivity contribution in [3.63, 3.8) is 0 Å². The second kappa shape index (κ2) is 2.62. The molecule has 0 aliphatic rings. The van der Waals surface area contributed by atoms with Gasteiger partial charge in [0.1, 0.15) is 6.54 Å². The van der Waals surface area contributed by atoms with Crippen LogP contribution in [0.15, 0.2) is 0 Å². The highest BCUT2D eigenvalue weighted by Gasteiger charge is 2.28. The Morgan fingerprint density at radius 2 is 2.00 bits per heavy atom. The minimum Gasteiger partial charge on any atom is -0.327 e. The Bertz CT molecular complexity index is 121. The molecule has 0 fully saturated rings. The van der Waals surface area contributed by atoms with Crippen LogP contribution in [-0.2, 0) is 0 Å². The molecule has 0 aromatic heterocycles. The van der Waals surface area contributed by atoms with E-state index in [2.05, 4.69) is 6.42 Å². The van der Waals surface area contributed by atoms with Gasteiger partial charge in [0.25, 0.3) is 0 Å². The summed E-state index contributed by atoms with van der Waals surface area (Å²) in [7, 11) is 1.20. The van der Waals surface area contributed by atoms with Crippen LogP contribution >= 0.6 is 0 Å². The van der Waals surface area contributed by atoms with Gasteiger partial charge in [-0.3, -0.25) is 0 Å². The van der Waals surface area contributed by atoms with Crippen molar-refractivity contribution < 1.29 is 13.2 Å². The second-order valence-electron chi connectivity index (χ2n) is 1.60. The zero-order valence-corrected chi connectivity index (χ0v) is 4.87. The summed E-state index contributed by atoms with van der Waals surface area (Å²) in [6.45, 7) is -1.05. The molecular weight excluding hydrogens is 131 g/mol. The molecule has 0 unspecified atom stereocenters. The van der Waals surface area contributed by atoms with Crippen molar-refractivity contribution in [2.24, 2.45) is 0 Å². The van der Waals surface area contributed by atoms with Crippen molar-refractivity contribution in [3.8, 4) is 12.5 Å². The molecule has 52 valence electrons. The molecule has 0 radical (unpaired) electrons. The van der Waals surface area contributed by atoms with Crippen LogP contribution in [0.25, 0.3) is 0 Å². The molecule has 0 aromatic rings. The van der Waals surface area contributed by atoms with Crippen molar-refractivity contribution in [1.29, 1.82) is 0 Å². The van der Waals surface area contributed by atoms with Gasteiger partial charge < -0.3 is 4.90 Å². The highest BCUT2D eigenvalue weighted by molar-refractivity contribution is 4.83. The molecule has 0 aliphatic carbocycles. The molecule has 0 rings (SSSR count). The summed E-state index contributed by atoms with van der Waals surface area (Å²) in [5.74, 6) is 0. The van der Waals surface area contributed by atoms with Gasteiger partial charge >= 0.3 is 6.18 Å². The highest BCUT2D eigenvalue weighted by atomic mass is 19.4. The smallest absolute Gasteiger partial charge is 0.327 e. The molecule has 0 atom stereocenters. The van der Waals surface area contributed by atoms with Gasteiger partial charge in [0.2, 0.25) is 0 Å². The number of terminal acetylenes is 1. The Kier molecular flexibility index (Phi) is 2.38. The molecule has 0 saturated carbocycles. The Morgan fingerprint density at radius 1 is 1.56 bits per heavy atom. The quantitative estimate of drug-likeness (QED) is 0.386. The van der Waals surface area contributed by atoms with Gasteiger partial charge in [-0.2, -0.15) is 13.2 Å². The summed E-state index contributed by atoms with van der Waals surface area (Å²) in [6, 6.07) is 1.83. The van der Waals surface area contributed by atoms with Crippen LogP contribution in [0.5, 0.6) is 0 Å². The van der Waals surface area contributed by atoms with Gasteiger partial charge in [0.15, 0.2) is 0 Å². The van der Waals surface area contributed by atoms with Crippen molar-refractivity contribution in [3.05, 3.63) is 0 Å². The van der Waals surface area contributed by atoms with Crippen LogP contribution < -0.4 is 0 Å². The van der Waals surface area contributed by atoms with Gasteiger partial charge in [-0.1, -0.05) is 6.42 Å². The first-order chi connectivity index (χ1) is 3.95. The number of hydrogen-bond donors (Lipinski definition) is 0. The molecule has 0 bridgehead atoms. The zero-order valence-electron chi connectivity index (χ0n) is 4.87. The average molecular weight is 137 g/mol. The van der Waals surface area contributed by atoms with E-state index in [-0.39, 0.29) is 0 Å².